The zero-order chi connectivity index (χ0) is 43.0. The second kappa shape index (κ2) is 14.6. The van der Waals surface area contributed by atoms with Crippen LogP contribution >= 0.6 is 0 Å². The molecule has 9 rings (SSSR count). The van der Waals surface area contributed by atoms with Crippen molar-refractivity contribution in [3.8, 4) is 22.5 Å². The summed E-state index contributed by atoms with van der Waals surface area (Å²) in [4.78, 5) is 8.84. The van der Waals surface area contributed by atoms with E-state index in [1.165, 1.54) is 6.20 Å². The van der Waals surface area contributed by atoms with Gasteiger partial charge >= 0.3 is 0 Å². The van der Waals surface area contributed by atoms with Gasteiger partial charge in [-0.05, 0) is 77.2 Å². The molecule has 0 unspecified atom stereocenters. The smallest absolute Gasteiger partial charge is 0.143 e. The van der Waals surface area contributed by atoms with Gasteiger partial charge in [-0.1, -0.05) is 101 Å². The largest absolute Gasteiger partial charge is 0.500 e. The van der Waals surface area contributed by atoms with Gasteiger partial charge in [0.25, 0.3) is 0 Å². The molecule has 0 bridgehead atoms. The van der Waals surface area contributed by atoms with Crippen molar-refractivity contribution in [1.29, 1.82) is 0 Å². The molecule has 0 aliphatic heterocycles. The number of aryl methyl sites for hydroxylation is 1. The Kier molecular flexibility index (Phi) is 7.93. The minimum absolute atomic E-state index is 0. The molecule has 0 atom stereocenters. The number of nitrogens with zero attached hydrogens (tertiary/aromatic N) is 2. The summed E-state index contributed by atoms with van der Waals surface area (Å²) in [6, 6.07) is 39.1. The van der Waals surface area contributed by atoms with E-state index in [4.69, 9.17) is 18.4 Å². The van der Waals surface area contributed by atoms with E-state index < -0.39 is 30.4 Å². The van der Waals surface area contributed by atoms with Crippen LogP contribution in [0.1, 0.15) is 67.8 Å². The molecule has 0 spiro atoms. The number of aromatic nitrogens is 2. The Labute approximate surface area is 340 Å². The minimum Gasteiger partial charge on any atom is -0.500 e. The van der Waals surface area contributed by atoms with Crippen molar-refractivity contribution in [2.75, 3.05) is 0 Å². The Morgan fingerprint density at radius 2 is 1.26 bits per heavy atom. The van der Waals surface area contributed by atoms with Crippen LogP contribution in [0, 0.1) is 29.8 Å². The number of benzene rings is 5. The molecular formula is C49H44IrN2O2-2. The van der Waals surface area contributed by atoms with E-state index in [9.17, 15) is 0 Å². The topological polar surface area (TPSA) is 52.1 Å². The summed E-state index contributed by atoms with van der Waals surface area (Å²) in [5.74, 6) is 0. The van der Waals surface area contributed by atoms with Crippen LogP contribution in [0.3, 0.4) is 0 Å². The standard InChI is InChI=1S/C33H26NO2.C16H18N.Ir/c1-19-18-34-28(16-20(19)17-33(2,3)4)27-10-7-9-22-24-14-15-25-26(31(24)36-32(22)27)13-12-23-21-8-5-6-11-29(21)35-30(23)25;1-16(2,3)11-13-9-10-15(17-12-13)14-7-5-4-6-8-14;/h5-9,11-16,18H,17H2,1-4H3;4-7,9-10,12H,11H2,1-3H3;/q2*-1;/i1D3,17D2;11D2;. The number of furan rings is 2. The number of para-hydroxylation sites is 1. The van der Waals surface area contributed by atoms with Crippen LogP contribution in [0.5, 0.6) is 0 Å². The average molecular weight is 892 g/mol. The van der Waals surface area contributed by atoms with Gasteiger partial charge in [0.1, 0.15) is 16.7 Å². The molecule has 54 heavy (non-hydrogen) atoms. The number of pyridine rings is 2. The van der Waals surface area contributed by atoms with E-state index in [-0.39, 0.29) is 31.2 Å². The van der Waals surface area contributed by atoms with Gasteiger partial charge in [-0.2, -0.15) is 0 Å². The summed E-state index contributed by atoms with van der Waals surface area (Å²) in [6.45, 7) is 8.44. The van der Waals surface area contributed by atoms with Gasteiger partial charge in [0.2, 0.25) is 0 Å². The molecule has 0 fully saturated rings. The summed E-state index contributed by atoms with van der Waals surface area (Å²) in [7, 11) is 0. The molecule has 9 aromatic rings. The normalized spacial score (nSPS) is 14.7. The van der Waals surface area contributed by atoms with Crippen molar-refractivity contribution in [2.45, 2.75) is 61.1 Å². The first kappa shape index (κ1) is 29.3. The average Bonchev–Trinajstić information content (AvgIpc) is 3.79. The molecule has 0 aliphatic rings. The molecule has 0 N–H and O–H groups in total. The molecule has 5 heteroatoms. The summed E-state index contributed by atoms with van der Waals surface area (Å²) in [5, 5.41) is 5.73. The second-order valence-electron chi connectivity index (χ2n) is 15.3. The quantitative estimate of drug-likeness (QED) is 0.165. The molecule has 4 aromatic heterocycles. The summed E-state index contributed by atoms with van der Waals surface area (Å²) in [5.41, 5.74) is 4.84. The monoisotopic (exact) mass is 892 g/mol. The summed E-state index contributed by atoms with van der Waals surface area (Å²) >= 11 is 0. The van der Waals surface area contributed by atoms with E-state index in [1.54, 1.807) is 39.1 Å². The van der Waals surface area contributed by atoms with Crippen molar-refractivity contribution in [3.63, 3.8) is 0 Å². The molecule has 0 amide bonds. The van der Waals surface area contributed by atoms with Crippen LogP contribution in [0.15, 0.2) is 124 Å². The fourth-order valence-corrected chi connectivity index (χ4v) is 6.69. The molecular weight excluding hydrogens is 841 g/mol. The molecule has 0 aliphatic carbocycles. The first-order chi connectivity index (χ1) is 28.2. The van der Waals surface area contributed by atoms with E-state index in [0.29, 0.717) is 28.0 Å². The third-order valence-electron chi connectivity index (χ3n) is 8.87. The maximum atomic E-state index is 8.89. The molecule has 273 valence electrons. The molecule has 0 saturated heterocycles. The van der Waals surface area contributed by atoms with Gasteiger partial charge in [0.15, 0.2) is 0 Å². The molecule has 1 radical (unpaired) electrons. The third kappa shape index (κ3) is 7.49. The second-order valence-corrected chi connectivity index (χ2v) is 15.3. The summed E-state index contributed by atoms with van der Waals surface area (Å²) < 4.78 is 71.1. The predicted molar refractivity (Wildman–Crippen MR) is 220 cm³/mol. The van der Waals surface area contributed by atoms with Crippen molar-refractivity contribution in [2.24, 2.45) is 10.8 Å². The first-order valence-electron chi connectivity index (χ1n) is 21.2. The van der Waals surface area contributed by atoms with Gasteiger partial charge in [-0.3, -0.25) is 0 Å². The van der Waals surface area contributed by atoms with Gasteiger partial charge < -0.3 is 18.8 Å². The van der Waals surface area contributed by atoms with Gasteiger partial charge in [0.05, 0.1) is 5.58 Å². The van der Waals surface area contributed by atoms with Crippen molar-refractivity contribution in [1.82, 2.24) is 9.97 Å². The first-order valence-corrected chi connectivity index (χ1v) is 17.7. The fourth-order valence-electron chi connectivity index (χ4n) is 6.69. The third-order valence-corrected chi connectivity index (χ3v) is 8.87. The number of rotatable bonds is 4. The van der Waals surface area contributed by atoms with Crippen LogP contribution in [0.25, 0.3) is 77.2 Å². The van der Waals surface area contributed by atoms with Crippen LogP contribution in [0.2, 0.25) is 0 Å². The van der Waals surface area contributed by atoms with E-state index >= 15 is 0 Å². The summed E-state index contributed by atoms with van der Waals surface area (Å²) in [6.07, 6.45) is -0.449. The molecule has 5 aromatic carbocycles. The number of hydrogen-bond acceptors (Lipinski definition) is 4. The maximum Gasteiger partial charge on any atom is 0.143 e. The number of fused-ring (bicyclic) bond motifs is 9. The van der Waals surface area contributed by atoms with Crippen molar-refractivity contribution in [3.05, 3.63) is 144 Å². The zero-order valence-corrected chi connectivity index (χ0v) is 33.4. The predicted octanol–water partition coefficient (Wildman–Crippen LogP) is 13.5. The van der Waals surface area contributed by atoms with E-state index in [1.807, 2.05) is 99.6 Å². The van der Waals surface area contributed by atoms with Crippen LogP contribution < -0.4 is 0 Å². The Balaban J connectivity index is 0.000000237. The van der Waals surface area contributed by atoms with Gasteiger partial charge in [0, 0.05) is 69.0 Å². The Bertz CT molecular complexity index is 3050. The van der Waals surface area contributed by atoms with Crippen LogP contribution in [0.4, 0.5) is 0 Å². The maximum absolute atomic E-state index is 8.89. The van der Waals surface area contributed by atoms with Crippen LogP contribution in [-0.4, -0.2) is 9.97 Å². The zero-order valence-electron chi connectivity index (χ0n) is 38.0. The van der Waals surface area contributed by atoms with Crippen molar-refractivity contribution >= 4 is 54.6 Å². The van der Waals surface area contributed by atoms with E-state index in [2.05, 4.69) is 34.2 Å². The SMILES string of the molecule is [2H]C([2H])([2H])c1cnc(-c2[c-]ccc3c2oc2c3ccc3c2ccc2c4ccccc4oc23)cc1C([2H])([2H])C(C)(C)C.[2H]C([2H])(c1ccc(-c2[c-]cccc2)nc1)C(C)(C)C.[Ir]. The Morgan fingerprint density at radius 3 is 1.91 bits per heavy atom. The van der Waals surface area contributed by atoms with Crippen LogP contribution in [-0.2, 0) is 32.9 Å². The van der Waals surface area contributed by atoms with Gasteiger partial charge in [-0.25, -0.2) is 0 Å². The van der Waals surface area contributed by atoms with Crippen molar-refractivity contribution < 1.29 is 38.5 Å². The minimum atomic E-state index is -2.52. The molecule has 0 saturated carbocycles. The Morgan fingerprint density at radius 1 is 0.611 bits per heavy atom. The fraction of sp³-hybridized carbons (Fsp3) is 0.224. The van der Waals surface area contributed by atoms with Gasteiger partial charge in [-0.15, -0.1) is 54.1 Å². The van der Waals surface area contributed by atoms with E-state index in [0.717, 1.165) is 54.7 Å². The number of hydrogen-bond donors (Lipinski definition) is 0. The Hall–Kier alpha value is -5.09. The molecule has 4 heterocycles. The molecule has 4 nitrogen and oxygen atoms in total.